The van der Waals surface area contributed by atoms with Crippen molar-refractivity contribution in [2.75, 3.05) is 13.1 Å². The maximum Gasteiger partial charge on any atom is 0.216 e. The van der Waals surface area contributed by atoms with Gasteiger partial charge in [-0.3, -0.25) is 4.79 Å². The Bertz CT molecular complexity index is 121. The van der Waals surface area contributed by atoms with Crippen molar-refractivity contribution in [1.29, 1.82) is 0 Å². The number of amides is 1. The van der Waals surface area contributed by atoms with E-state index in [9.17, 15) is 4.79 Å². The number of hydrogen-bond donors (Lipinski definition) is 3. The van der Waals surface area contributed by atoms with Gasteiger partial charge in [-0.05, 0) is 12.2 Å². The number of hydrogen-bond acceptors (Lipinski definition) is 2. The molecule has 0 aliphatic carbocycles. The molecule has 0 fully saturated rings. The summed E-state index contributed by atoms with van der Waals surface area (Å²) in [5.74, 6) is -0.0512. The van der Waals surface area contributed by atoms with Gasteiger partial charge in [0.1, 0.15) is 0 Å². The summed E-state index contributed by atoms with van der Waals surface area (Å²) < 4.78 is 0. The third kappa shape index (κ3) is 7.16. The molecule has 0 aromatic heterocycles. The van der Waals surface area contributed by atoms with Crippen LogP contribution < -0.4 is 16.4 Å². The molecular formula is C5H11N3OS. The molecule has 0 spiro atoms. The van der Waals surface area contributed by atoms with Gasteiger partial charge >= 0.3 is 0 Å². The van der Waals surface area contributed by atoms with Gasteiger partial charge in [-0.15, -0.1) is 0 Å². The highest BCUT2D eigenvalue weighted by molar-refractivity contribution is 7.80. The highest BCUT2D eigenvalue weighted by Crippen LogP contribution is 1.61. The fourth-order valence-corrected chi connectivity index (χ4v) is 0.526. The van der Waals surface area contributed by atoms with Crippen LogP contribution in [0.25, 0.3) is 0 Å². The van der Waals surface area contributed by atoms with Crippen molar-refractivity contribution in [3.8, 4) is 0 Å². The van der Waals surface area contributed by atoms with E-state index in [1.54, 1.807) is 0 Å². The Morgan fingerprint density at radius 1 is 1.50 bits per heavy atom. The first-order valence-electron chi connectivity index (χ1n) is 2.90. The Hall–Kier alpha value is -0.840. The van der Waals surface area contributed by atoms with E-state index in [4.69, 9.17) is 5.73 Å². The van der Waals surface area contributed by atoms with Crippen LogP contribution in [0.3, 0.4) is 0 Å². The predicted octanol–water partition coefficient (Wildman–Crippen LogP) is -1.04. The van der Waals surface area contributed by atoms with E-state index in [1.807, 2.05) is 0 Å². The lowest BCUT2D eigenvalue weighted by Crippen LogP contribution is -2.36. The molecule has 0 saturated heterocycles. The van der Waals surface area contributed by atoms with E-state index in [2.05, 4.69) is 22.9 Å². The Balaban J connectivity index is 3.06. The third-order valence-corrected chi connectivity index (χ3v) is 0.943. The first-order valence-corrected chi connectivity index (χ1v) is 3.31. The fraction of sp³-hybridized carbons (Fsp3) is 0.600. The lowest BCUT2D eigenvalue weighted by Gasteiger charge is -2.02. The first kappa shape index (κ1) is 9.16. The molecule has 5 heteroatoms. The molecule has 0 saturated carbocycles. The second-order valence-electron chi connectivity index (χ2n) is 1.77. The average Bonchev–Trinajstić information content (AvgIpc) is 1.79. The molecule has 0 radical (unpaired) electrons. The molecule has 1 amide bonds. The number of thiocarbonyl (C=S) groups is 1. The molecule has 4 nitrogen and oxygen atoms in total. The SMILES string of the molecule is CC(=O)NCCNC(N)=S. The van der Waals surface area contributed by atoms with Crippen molar-refractivity contribution in [2.45, 2.75) is 6.92 Å². The zero-order valence-corrected chi connectivity index (χ0v) is 6.62. The average molecular weight is 161 g/mol. The van der Waals surface area contributed by atoms with Crippen molar-refractivity contribution >= 4 is 23.2 Å². The number of carbonyl (C=O) groups excluding carboxylic acids is 1. The monoisotopic (exact) mass is 161 g/mol. The van der Waals surface area contributed by atoms with E-state index in [-0.39, 0.29) is 11.0 Å². The van der Waals surface area contributed by atoms with E-state index in [1.165, 1.54) is 6.92 Å². The van der Waals surface area contributed by atoms with E-state index in [0.29, 0.717) is 13.1 Å². The molecule has 4 N–H and O–H groups in total. The summed E-state index contributed by atoms with van der Waals surface area (Å²) in [5.41, 5.74) is 5.12. The highest BCUT2D eigenvalue weighted by Gasteiger charge is 1.89. The van der Waals surface area contributed by atoms with E-state index >= 15 is 0 Å². The molecule has 0 aromatic rings. The first-order chi connectivity index (χ1) is 4.63. The van der Waals surface area contributed by atoms with Gasteiger partial charge in [-0.1, -0.05) is 0 Å². The molecule has 0 bridgehead atoms. The Morgan fingerprint density at radius 2 is 2.00 bits per heavy atom. The van der Waals surface area contributed by atoms with Crippen LogP contribution in [-0.4, -0.2) is 24.1 Å². The molecule has 58 valence electrons. The van der Waals surface area contributed by atoms with Gasteiger partial charge in [0, 0.05) is 20.0 Å². The summed E-state index contributed by atoms with van der Waals surface area (Å²) in [7, 11) is 0. The van der Waals surface area contributed by atoms with Gasteiger partial charge in [-0.25, -0.2) is 0 Å². The van der Waals surface area contributed by atoms with Crippen LogP contribution in [0, 0.1) is 0 Å². The van der Waals surface area contributed by atoms with Crippen LogP contribution in [0.2, 0.25) is 0 Å². The van der Waals surface area contributed by atoms with Crippen LogP contribution >= 0.6 is 12.2 Å². The molecule has 0 rings (SSSR count). The molecule has 0 aliphatic heterocycles. The second-order valence-corrected chi connectivity index (χ2v) is 2.21. The van der Waals surface area contributed by atoms with Crippen LogP contribution in [0.4, 0.5) is 0 Å². The zero-order valence-electron chi connectivity index (χ0n) is 5.81. The smallest absolute Gasteiger partial charge is 0.216 e. The standard InChI is InChI=1S/C5H11N3OS/c1-4(9)7-2-3-8-5(6)10/h2-3H2,1H3,(H,7,9)(H3,6,8,10). The molecule has 0 heterocycles. The minimum atomic E-state index is -0.0512. The minimum Gasteiger partial charge on any atom is -0.376 e. The Labute approximate surface area is 65.2 Å². The predicted molar refractivity (Wildman–Crippen MR) is 43.5 cm³/mol. The Kier molecular flexibility index (Phi) is 4.57. The number of rotatable bonds is 3. The number of carbonyl (C=O) groups is 1. The van der Waals surface area contributed by atoms with Crippen molar-refractivity contribution in [1.82, 2.24) is 10.6 Å². The lowest BCUT2D eigenvalue weighted by atomic mass is 10.6. The van der Waals surface area contributed by atoms with Gasteiger partial charge in [0.2, 0.25) is 5.91 Å². The molecule has 10 heavy (non-hydrogen) atoms. The summed E-state index contributed by atoms with van der Waals surface area (Å²) in [5, 5.41) is 5.53. The summed E-state index contributed by atoms with van der Waals surface area (Å²) in [6.07, 6.45) is 0. The second kappa shape index (κ2) is 4.99. The fourth-order valence-electron chi connectivity index (χ4n) is 0.424. The lowest BCUT2D eigenvalue weighted by molar-refractivity contribution is -0.118. The van der Waals surface area contributed by atoms with Crippen LogP contribution in [-0.2, 0) is 4.79 Å². The van der Waals surface area contributed by atoms with Crippen LogP contribution in [0.5, 0.6) is 0 Å². The molecule has 0 atom stereocenters. The molecule has 0 unspecified atom stereocenters. The third-order valence-electron chi connectivity index (χ3n) is 0.798. The van der Waals surface area contributed by atoms with Crippen LogP contribution in [0.15, 0.2) is 0 Å². The van der Waals surface area contributed by atoms with Crippen molar-refractivity contribution in [2.24, 2.45) is 5.73 Å². The van der Waals surface area contributed by atoms with Gasteiger partial charge in [-0.2, -0.15) is 0 Å². The zero-order chi connectivity index (χ0) is 7.98. The van der Waals surface area contributed by atoms with E-state index in [0.717, 1.165) is 0 Å². The minimum absolute atomic E-state index is 0.0512. The topological polar surface area (TPSA) is 67.2 Å². The normalized spacial score (nSPS) is 8.50. The molecular weight excluding hydrogens is 150 g/mol. The Morgan fingerprint density at radius 3 is 2.40 bits per heavy atom. The van der Waals surface area contributed by atoms with Crippen molar-refractivity contribution < 1.29 is 4.79 Å². The van der Waals surface area contributed by atoms with Crippen LogP contribution in [0.1, 0.15) is 6.92 Å². The number of nitrogens with one attached hydrogen (secondary N) is 2. The van der Waals surface area contributed by atoms with Crippen molar-refractivity contribution in [3.63, 3.8) is 0 Å². The summed E-state index contributed by atoms with van der Waals surface area (Å²) in [6.45, 7) is 2.59. The maximum atomic E-state index is 10.3. The largest absolute Gasteiger partial charge is 0.376 e. The summed E-state index contributed by atoms with van der Waals surface area (Å²) >= 11 is 4.53. The highest BCUT2D eigenvalue weighted by atomic mass is 32.1. The summed E-state index contributed by atoms with van der Waals surface area (Å²) in [6, 6.07) is 0. The van der Waals surface area contributed by atoms with E-state index < -0.39 is 0 Å². The maximum absolute atomic E-state index is 10.3. The molecule has 0 aliphatic rings. The number of nitrogens with two attached hydrogens (primary N) is 1. The van der Waals surface area contributed by atoms with Gasteiger partial charge in [0.05, 0.1) is 0 Å². The molecule has 0 aromatic carbocycles. The quantitative estimate of drug-likeness (QED) is 0.365. The van der Waals surface area contributed by atoms with Gasteiger partial charge in [0.25, 0.3) is 0 Å². The summed E-state index contributed by atoms with van der Waals surface area (Å²) in [4.78, 5) is 10.3. The van der Waals surface area contributed by atoms with Gasteiger partial charge < -0.3 is 16.4 Å². The van der Waals surface area contributed by atoms with Crippen molar-refractivity contribution in [3.05, 3.63) is 0 Å². The van der Waals surface area contributed by atoms with Gasteiger partial charge in [0.15, 0.2) is 5.11 Å².